The van der Waals surface area contributed by atoms with E-state index in [-0.39, 0.29) is 17.3 Å². The monoisotopic (exact) mass is 318 g/mol. The van der Waals surface area contributed by atoms with E-state index in [4.69, 9.17) is 5.73 Å². The Hall–Kier alpha value is -2.64. The molecule has 0 saturated carbocycles. The summed E-state index contributed by atoms with van der Waals surface area (Å²) in [6.45, 7) is 6.90. The van der Waals surface area contributed by atoms with Crippen LogP contribution in [0, 0.1) is 20.8 Å². The Morgan fingerprint density at radius 3 is 2.74 bits per heavy atom. The Labute approximate surface area is 134 Å². The van der Waals surface area contributed by atoms with Crippen molar-refractivity contribution in [1.29, 1.82) is 0 Å². The molecule has 0 radical (unpaired) electrons. The summed E-state index contributed by atoms with van der Waals surface area (Å²) >= 11 is 0. The van der Waals surface area contributed by atoms with Crippen molar-refractivity contribution in [3.63, 3.8) is 0 Å². The lowest BCUT2D eigenvalue weighted by Gasteiger charge is -2.07. The third kappa shape index (κ3) is 4.41. The second-order valence-electron chi connectivity index (χ2n) is 5.49. The highest BCUT2D eigenvalue weighted by atomic mass is 16.1. The number of anilines is 1. The van der Waals surface area contributed by atoms with E-state index >= 15 is 0 Å². The molecule has 8 heteroatoms. The van der Waals surface area contributed by atoms with E-state index in [0.29, 0.717) is 31.8 Å². The fraction of sp³-hybridized carbons (Fsp3) is 0.467. The predicted molar refractivity (Wildman–Crippen MR) is 87.0 cm³/mol. The molecule has 0 aromatic carbocycles. The number of hydrogen-bond donors (Lipinski definition) is 3. The Bertz CT molecular complexity index is 762. The van der Waals surface area contributed by atoms with Crippen LogP contribution in [0.25, 0.3) is 0 Å². The Balaban J connectivity index is 1.79. The Kier molecular flexibility index (Phi) is 5.15. The quantitative estimate of drug-likeness (QED) is 0.704. The molecule has 0 bridgehead atoms. The predicted octanol–water partition coefficient (Wildman–Crippen LogP) is 0.223. The first-order valence-corrected chi connectivity index (χ1v) is 7.50. The fourth-order valence-corrected chi connectivity index (χ4v) is 2.27. The van der Waals surface area contributed by atoms with Gasteiger partial charge in [0, 0.05) is 37.7 Å². The van der Waals surface area contributed by atoms with Gasteiger partial charge in [0.25, 0.3) is 5.56 Å². The molecule has 8 nitrogen and oxygen atoms in total. The van der Waals surface area contributed by atoms with Crippen LogP contribution in [-0.2, 0) is 17.8 Å². The third-order valence-corrected chi connectivity index (χ3v) is 3.79. The van der Waals surface area contributed by atoms with E-state index in [1.165, 1.54) is 6.07 Å². The van der Waals surface area contributed by atoms with Crippen molar-refractivity contribution in [2.75, 3.05) is 12.3 Å². The van der Waals surface area contributed by atoms with Gasteiger partial charge in [0.15, 0.2) is 0 Å². The van der Waals surface area contributed by atoms with Crippen LogP contribution in [0.2, 0.25) is 0 Å². The number of aromatic nitrogens is 4. The molecule has 0 unspecified atom stereocenters. The largest absolute Gasteiger partial charge is 0.383 e. The van der Waals surface area contributed by atoms with Crippen LogP contribution in [0.3, 0.4) is 0 Å². The Morgan fingerprint density at radius 1 is 1.39 bits per heavy atom. The summed E-state index contributed by atoms with van der Waals surface area (Å²) in [5.41, 5.74) is 8.43. The maximum Gasteiger partial charge on any atom is 0.252 e. The molecule has 2 heterocycles. The number of nitrogens with zero attached hydrogens (tertiary/aromatic N) is 3. The number of aromatic amines is 1. The van der Waals surface area contributed by atoms with Crippen molar-refractivity contribution in [1.82, 2.24) is 25.1 Å². The summed E-state index contributed by atoms with van der Waals surface area (Å²) in [7, 11) is 0. The van der Waals surface area contributed by atoms with Crippen molar-refractivity contribution in [3.8, 4) is 0 Å². The van der Waals surface area contributed by atoms with E-state index in [0.717, 1.165) is 17.0 Å². The number of nitrogens with two attached hydrogens (primary N) is 1. The van der Waals surface area contributed by atoms with Gasteiger partial charge in [-0.05, 0) is 26.3 Å². The maximum atomic E-state index is 11.9. The smallest absolute Gasteiger partial charge is 0.252 e. The summed E-state index contributed by atoms with van der Waals surface area (Å²) in [5, 5.41) is 7.20. The second kappa shape index (κ2) is 7.08. The molecule has 0 spiro atoms. The SMILES string of the molecule is Cc1nn(CCC(=O)NCCc2nc(N)cc(=O)[nH]2)c(C)c1C. The van der Waals surface area contributed by atoms with Crippen molar-refractivity contribution in [3.05, 3.63) is 39.2 Å². The van der Waals surface area contributed by atoms with Crippen LogP contribution in [0.5, 0.6) is 0 Å². The van der Waals surface area contributed by atoms with Gasteiger partial charge in [0.1, 0.15) is 11.6 Å². The summed E-state index contributed by atoms with van der Waals surface area (Å²) in [6, 6.07) is 1.22. The lowest BCUT2D eigenvalue weighted by molar-refractivity contribution is -0.121. The van der Waals surface area contributed by atoms with Crippen LogP contribution >= 0.6 is 0 Å². The highest BCUT2D eigenvalue weighted by molar-refractivity contribution is 5.75. The minimum atomic E-state index is -0.293. The number of hydrogen-bond acceptors (Lipinski definition) is 5. The van der Waals surface area contributed by atoms with Gasteiger partial charge in [-0.1, -0.05) is 0 Å². The standard InChI is InChI=1S/C15H22N6O2/c1-9-10(2)20-21(11(9)3)7-5-14(22)17-6-4-13-18-12(16)8-15(23)19-13/h8H,4-7H2,1-3H3,(H,17,22)(H3,16,18,19,23). The van der Waals surface area contributed by atoms with Crippen molar-refractivity contribution in [2.24, 2.45) is 0 Å². The highest BCUT2D eigenvalue weighted by Gasteiger charge is 2.09. The molecule has 2 aromatic heterocycles. The molecule has 23 heavy (non-hydrogen) atoms. The molecule has 0 atom stereocenters. The molecule has 2 aromatic rings. The molecular formula is C15H22N6O2. The van der Waals surface area contributed by atoms with Crippen LogP contribution in [0.15, 0.2) is 10.9 Å². The van der Waals surface area contributed by atoms with Gasteiger partial charge in [-0.2, -0.15) is 5.10 Å². The minimum absolute atomic E-state index is 0.0681. The first-order valence-electron chi connectivity index (χ1n) is 7.50. The van der Waals surface area contributed by atoms with Crippen molar-refractivity contribution < 1.29 is 4.79 Å². The van der Waals surface area contributed by atoms with E-state index in [2.05, 4.69) is 20.4 Å². The van der Waals surface area contributed by atoms with Crippen LogP contribution in [0.1, 0.15) is 29.2 Å². The van der Waals surface area contributed by atoms with Gasteiger partial charge in [-0.25, -0.2) is 4.98 Å². The van der Waals surface area contributed by atoms with E-state index in [1.807, 2.05) is 25.5 Å². The van der Waals surface area contributed by atoms with Gasteiger partial charge in [-0.3, -0.25) is 14.3 Å². The zero-order valence-corrected chi connectivity index (χ0v) is 13.6. The van der Waals surface area contributed by atoms with Crippen molar-refractivity contribution in [2.45, 2.75) is 40.2 Å². The zero-order valence-electron chi connectivity index (χ0n) is 13.6. The maximum absolute atomic E-state index is 11.9. The fourth-order valence-electron chi connectivity index (χ4n) is 2.27. The minimum Gasteiger partial charge on any atom is -0.383 e. The molecule has 0 aliphatic rings. The van der Waals surface area contributed by atoms with E-state index in [1.54, 1.807) is 0 Å². The van der Waals surface area contributed by atoms with Gasteiger partial charge in [0.05, 0.1) is 5.69 Å². The molecule has 124 valence electrons. The molecule has 0 aliphatic carbocycles. The number of nitrogens with one attached hydrogen (secondary N) is 2. The Morgan fingerprint density at radius 2 is 2.13 bits per heavy atom. The molecule has 0 saturated heterocycles. The first-order chi connectivity index (χ1) is 10.9. The van der Waals surface area contributed by atoms with E-state index in [9.17, 15) is 9.59 Å². The second-order valence-corrected chi connectivity index (χ2v) is 5.49. The number of nitrogen functional groups attached to an aromatic ring is 1. The number of rotatable bonds is 6. The topological polar surface area (TPSA) is 119 Å². The average molecular weight is 318 g/mol. The number of aryl methyl sites for hydroxylation is 2. The lowest BCUT2D eigenvalue weighted by Crippen LogP contribution is -2.28. The summed E-state index contributed by atoms with van der Waals surface area (Å²) in [4.78, 5) is 29.7. The number of amides is 1. The van der Waals surface area contributed by atoms with Crippen LogP contribution in [0.4, 0.5) is 5.82 Å². The van der Waals surface area contributed by atoms with Crippen LogP contribution < -0.4 is 16.6 Å². The molecule has 2 rings (SSSR count). The van der Waals surface area contributed by atoms with Crippen molar-refractivity contribution >= 4 is 11.7 Å². The zero-order chi connectivity index (χ0) is 17.0. The molecular weight excluding hydrogens is 296 g/mol. The highest BCUT2D eigenvalue weighted by Crippen LogP contribution is 2.11. The van der Waals surface area contributed by atoms with Gasteiger partial charge >= 0.3 is 0 Å². The summed E-state index contributed by atoms with van der Waals surface area (Å²) < 4.78 is 1.85. The van der Waals surface area contributed by atoms with Gasteiger partial charge < -0.3 is 16.0 Å². The normalized spacial score (nSPS) is 10.7. The molecule has 0 aliphatic heterocycles. The third-order valence-electron chi connectivity index (χ3n) is 3.79. The summed E-state index contributed by atoms with van der Waals surface area (Å²) in [5.74, 6) is 0.570. The van der Waals surface area contributed by atoms with Gasteiger partial charge in [-0.15, -0.1) is 0 Å². The first kappa shape index (κ1) is 16.7. The number of carbonyl (C=O) groups excluding carboxylic acids is 1. The van der Waals surface area contributed by atoms with Crippen LogP contribution in [-0.4, -0.2) is 32.2 Å². The molecule has 0 fully saturated rings. The molecule has 4 N–H and O–H groups in total. The molecule has 1 amide bonds. The number of H-pyrrole nitrogens is 1. The number of carbonyl (C=O) groups is 1. The summed E-state index contributed by atoms with van der Waals surface area (Å²) in [6.07, 6.45) is 0.771. The average Bonchev–Trinajstić information content (AvgIpc) is 2.71. The lowest BCUT2D eigenvalue weighted by atomic mass is 10.2. The van der Waals surface area contributed by atoms with E-state index < -0.39 is 0 Å². The van der Waals surface area contributed by atoms with Gasteiger partial charge in [0.2, 0.25) is 5.91 Å².